The van der Waals surface area contributed by atoms with Crippen molar-refractivity contribution in [3.05, 3.63) is 36.5 Å². The quantitative estimate of drug-likeness (QED) is 0.808. The first-order chi connectivity index (χ1) is 6.77. The molecule has 1 N–H and O–H groups in total. The molecule has 0 aliphatic heterocycles. The lowest BCUT2D eigenvalue weighted by atomic mass is 10.2. The molecule has 4 nitrogen and oxygen atoms in total. The predicted molar refractivity (Wildman–Crippen MR) is 54.0 cm³/mol. The molecule has 0 fully saturated rings. The topological polar surface area (TPSA) is 43.0 Å². The number of hydrogen-bond acceptors (Lipinski definition) is 3. The maximum absolute atomic E-state index is 5.28. The van der Waals surface area contributed by atoms with Crippen LogP contribution in [0.4, 0.5) is 5.95 Å². The summed E-state index contributed by atoms with van der Waals surface area (Å²) in [4.78, 5) is 4.18. The van der Waals surface area contributed by atoms with Crippen molar-refractivity contribution >= 4 is 5.95 Å². The van der Waals surface area contributed by atoms with E-state index in [0.717, 1.165) is 11.7 Å². The summed E-state index contributed by atoms with van der Waals surface area (Å²) in [5, 5.41) is 3.25. The number of furan rings is 1. The van der Waals surface area contributed by atoms with E-state index in [0.29, 0.717) is 0 Å². The molecule has 0 radical (unpaired) electrons. The highest BCUT2D eigenvalue weighted by atomic mass is 16.3. The maximum Gasteiger partial charge on any atom is 0.203 e. The van der Waals surface area contributed by atoms with Crippen LogP contribution >= 0.6 is 0 Å². The van der Waals surface area contributed by atoms with E-state index in [2.05, 4.69) is 10.3 Å². The third-order valence-corrected chi connectivity index (χ3v) is 2.14. The molecule has 2 heterocycles. The van der Waals surface area contributed by atoms with Gasteiger partial charge in [0.05, 0.1) is 12.3 Å². The largest absolute Gasteiger partial charge is 0.467 e. The van der Waals surface area contributed by atoms with Crippen LogP contribution in [0.5, 0.6) is 0 Å². The van der Waals surface area contributed by atoms with E-state index in [1.807, 2.05) is 36.9 Å². The van der Waals surface area contributed by atoms with Crippen LogP contribution in [0.2, 0.25) is 0 Å². The zero-order valence-corrected chi connectivity index (χ0v) is 8.27. The Balaban J connectivity index is 2.09. The molecule has 0 bridgehead atoms. The van der Waals surface area contributed by atoms with E-state index in [1.165, 1.54) is 0 Å². The van der Waals surface area contributed by atoms with Crippen molar-refractivity contribution in [2.24, 2.45) is 7.05 Å². The molecule has 0 spiro atoms. The number of hydrogen-bond donors (Lipinski definition) is 1. The Bertz CT molecular complexity index is 391. The van der Waals surface area contributed by atoms with Gasteiger partial charge in [0.1, 0.15) is 5.76 Å². The van der Waals surface area contributed by atoms with Crippen molar-refractivity contribution < 1.29 is 4.42 Å². The van der Waals surface area contributed by atoms with Crippen molar-refractivity contribution in [1.29, 1.82) is 0 Å². The molecule has 74 valence electrons. The first-order valence-electron chi connectivity index (χ1n) is 4.54. The van der Waals surface area contributed by atoms with Crippen molar-refractivity contribution in [2.45, 2.75) is 13.0 Å². The second-order valence-electron chi connectivity index (χ2n) is 3.24. The lowest BCUT2D eigenvalue weighted by molar-refractivity contribution is 0.489. The van der Waals surface area contributed by atoms with E-state index in [-0.39, 0.29) is 6.04 Å². The molecule has 4 heteroatoms. The summed E-state index contributed by atoms with van der Waals surface area (Å²) in [6, 6.07) is 3.96. The van der Waals surface area contributed by atoms with Gasteiger partial charge < -0.3 is 14.3 Å². The van der Waals surface area contributed by atoms with Crippen LogP contribution in [0.25, 0.3) is 0 Å². The number of nitrogens with one attached hydrogen (secondary N) is 1. The lowest BCUT2D eigenvalue weighted by Crippen LogP contribution is -2.09. The predicted octanol–water partition coefficient (Wildman–Crippen LogP) is 2.19. The van der Waals surface area contributed by atoms with Crippen LogP contribution in [0, 0.1) is 0 Å². The number of anilines is 1. The van der Waals surface area contributed by atoms with Gasteiger partial charge >= 0.3 is 0 Å². The fourth-order valence-electron chi connectivity index (χ4n) is 1.31. The number of imidazole rings is 1. The summed E-state index contributed by atoms with van der Waals surface area (Å²) in [6.07, 6.45) is 5.33. The minimum Gasteiger partial charge on any atom is -0.467 e. The smallest absolute Gasteiger partial charge is 0.203 e. The number of aryl methyl sites for hydroxylation is 1. The Hall–Kier alpha value is -1.71. The van der Waals surface area contributed by atoms with Gasteiger partial charge in [-0.3, -0.25) is 0 Å². The van der Waals surface area contributed by atoms with Crippen LogP contribution in [0.15, 0.2) is 35.2 Å². The Morgan fingerprint density at radius 2 is 2.43 bits per heavy atom. The Kier molecular flexibility index (Phi) is 2.26. The van der Waals surface area contributed by atoms with Crippen LogP contribution in [-0.2, 0) is 7.05 Å². The molecule has 0 aliphatic carbocycles. The van der Waals surface area contributed by atoms with Gasteiger partial charge in [-0.25, -0.2) is 4.98 Å². The number of rotatable bonds is 3. The molecule has 0 saturated carbocycles. The van der Waals surface area contributed by atoms with Crippen LogP contribution in [0.3, 0.4) is 0 Å². The fourth-order valence-corrected chi connectivity index (χ4v) is 1.31. The van der Waals surface area contributed by atoms with Crippen molar-refractivity contribution in [3.8, 4) is 0 Å². The molecule has 2 aromatic rings. The molecule has 0 aromatic carbocycles. The molecular formula is C10H13N3O. The maximum atomic E-state index is 5.28. The minimum absolute atomic E-state index is 0.131. The molecule has 1 unspecified atom stereocenters. The average Bonchev–Trinajstić information content (AvgIpc) is 2.77. The highest BCUT2D eigenvalue weighted by molar-refractivity contribution is 5.29. The average molecular weight is 191 g/mol. The molecule has 0 aliphatic rings. The normalized spacial score (nSPS) is 12.7. The SMILES string of the molecule is CC(Nc1nccn1C)c1ccco1. The van der Waals surface area contributed by atoms with E-state index in [4.69, 9.17) is 4.42 Å². The lowest BCUT2D eigenvalue weighted by Gasteiger charge is -2.11. The van der Waals surface area contributed by atoms with E-state index >= 15 is 0 Å². The third kappa shape index (κ3) is 1.64. The third-order valence-electron chi connectivity index (χ3n) is 2.14. The van der Waals surface area contributed by atoms with E-state index in [9.17, 15) is 0 Å². The van der Waals surface area contributed by atoms with Gasteiger partial charge in [0.15, 0.2) is 0 Å². The highest BCUT2D eigenvalue weighted by Crippen LogP contribution is 2.17. The zero-order chi connectivity index (χ0) is 9.97. The molecule has 1 atom stereocenters. The standard InChI is InChI=1S/C10H13N3O/c1-8(9-4-3-7-14-9)12-10-11-5-6-13(10)2/h3-8H,1-2H3,(H,11,12). The van der Waals surface area contributed by atoms with Crippen molar-refractivity contribution in [1.82, 2.24) is 9.55 Å². The van der Waals surface area contributed by atoms with Gasteiger partial charge in [0.25, 0.3) is 0 Å². The van der Waals surface area contributed by atoms with Crippen LogP contribution < -0.4 is 5.32 Å². The Morgan fingerprint density at radius 1 is 1.57 bits per heavy atom. The van der Waals surface area contributed by atoms with Crippen molar-refractivity contribution in [3.63, 3.8) is 0 Å². The molecule has 2 rings (SSSR count). The number of aromatic nitrogens is 2. The molecular weight excluding hydrogens is 178 g/mol. The van der Waals surface area contributed by atoms with E-state index < -0.39 is 0 Å². The molecule has 2 aromatic heterocycles. The second kappa shape index (κ2) is 3.57. The van der Waals surface area contributed by atoms with Crippen LogP contribution in [-0.4, -0.2) is 9.55 Å². The summed E-state index contributed by atoms with van der Waals surface area (Å²) < 4.78 is 7.21. The first-order valence-corrected chi connectivity index (χ1v) is 4.54. The Labute approximate surface area is 82.6 Å². The van der Waals surface area contributed by atoms with Gasteiger partial charge in [0.2, 0.25) is 5.95 Å². The van der Waals surface area contributed by atoms with Gasteiger partial charge in [0, 0.05) is 19.4 Å². The second-order valence-corrected chi connectivity index (χ2v) is 3.24. The summed E-state index contributed by atoms with van der Waals surface area (Å²) in [7, 11) is 1.95. The van der Waals surface area contributed by atoms with Crippen molar-refractivity contribution in [2.75, 3.05) is 5.32 Å². The molecule has 0 saturated heterocycles. The summed E-state index contributed by atoms with van der Waals surface area (Å²) in [6.45, 7) is 2.04. The number of nitrogens with zero attached hydrogens (tertiary/aromatic N) is 2. The van der Waals surface area contributed by atoms with Gasteiger partial charge in [-0.15, -0.1) is 0 Å². The first kappa shape index (κ1) is 8.87. The molecule has 0 amide bonds. The highest BCUT2D eigenvalue weighted by Gasteiger charge is 2.09. The zero-order valence-electron chi connectivity index (χ0n) is 8.27. The fraction of sp³-hybridized carbons (Fsp3) is 0.300. The van der Waals surface area contributed by atoms with Crippen LogP contribution in [0.1, 0.15) is 18.7 Å². The van der Waals surface area contributed by atoms with E-state index in [1.54, 1.807) is 12.5 Å². The summed E-state index contributed by atoms with van der Waals surface area (Å²) in [5.74, 6) is 1.75. The van der Waals surface area contributed by atoms with Gasteiger partial charge in [-0.2, -0.15) is 0 Å². The molecule has 14 heavy (non-hydrogen) atoms. The minimum atomic E-state index is 0.131. The Morgan fingerprint density at radius 3 is 3.00 bits per heavy atom. The summed E-state index contributed by atoms with van der Waals surface area (Å²) in [5.41, 5.74) is 0. The monoisotopic (exact) mass is 191 g/mol. The van der Waals surface area contributed by atoms with Gasteiger partial charge in [-0.1, -0.05) is 0 Å². The summed E-state index contributed by atoms with van der Waals surface area (Å²) >= 11 is 0. The van der Waals surface area contributed by atoms with Gasteiger partial charge in [-0.05, 0) is 19.1 Å².